The fraction of sp³-hybridized carbons (Fsp3) is 0.412. The fourth-order valence-corrected chi connectivity index (χ4v) is 2.89. The highest BCUT2D eigenvalue weighted by atomic mass is 16.6. The third kappa shape index (κ3) is 3.51. The lowest BCUT2D eigenvalue weighted by atomic mass is 10.1. The van der Waals surface area contributed by atoms with Crippen LogP contribution in [0.3, 0.4) is 0 Å². The first-order valence-electron chi connectivity index (χ1n) is 7.96. The van der Waals surface area contributed by atoms with Gasteiger partial charge in [0.1, 0.15) is 11.3 Å². The normalized spacial score (nSPS) is 15.6. The number of amides is 1. The van der Waals surface area contributed by atoms with Gasteiger partial charge in [0.25, 0.3) is 0 Å². The second-order valence-electron chi connectivity index (χ2n) is 5.73. The van der Waals surface area contributed by atoms with Crippen molar-refractivity contribution >= 4 is 17.1 Å². The molecule has 1 aliphatic rings. The van der Waals surface area contributed by atoms with Crippen molar-refractivity contribution in [2.75, 3.05) is 32.8 Å². The third-order valence-corrected chi connectivity index (χ3v) is 4.10. The van der Waals surface area contributed by atoms with Gasteiger partial charge in [0, 0.05) is 44.2 Å². The number of hydrogen-bond acceptors (Lipinski definition) is 6. The number of nitrogens with zero attached hydrogens (tertiary/aromatic N) is 2. The molecule has 0 saturated carbocycles. The molecule has 1 fully saturated rings. The van der Waals surface area contributed by atoms with Crippen LogP contribution in [0.2, 0.25) is 0 Å². The Bertz CT molecular complexity index is 793. The number of rotatable bonds is 3. The highest BCUT2D eigenvalue weighted by molar-refractivity contribution is 5.81. The van der Waals surface area contributed by atoms with Crippen molar-refractivity contribution in [2.24, 2.45) is 0 Å². The van der Waals surface area contributed by atoms with Crippen LogP contribution in [0, 0.1) is 0 Å². The number of carbonyl (C=O) groups is 1. The molecule has 1 saturated heterocycles. The van der Waals surface area contributed by atoms with Gasteiger partial charge in [0.2, 0.25) is 0 Å². The van der Waals surface area contributed by atoms with Gasteiger partial charge < -0.3 is 19.2 Å². The van der Waals surface area contributed by atoms with Crippen molar-refractivity contribution in [2.45, 2.75) is 13.5 Å². The molecule has 1 amide bonds. The van der Waals surface area contributed by atoms with E-state index in [-0.39, 0.29) is 11.8 Å². The molecule has 3 rings (SSSR count). The number of phenolic OH excluding ortho intramolecular Hbond substituents is 1. The number of ether oxygens (including phenoxy) is 1. The zero-order valence-electron chi connectivity index (χ0n) is 13.5. The van der Waals surface area contributed by atoms with E-state index in [1.807, 2.05) is 0 Å². The summed E-state index contributed by atoms with van der Waals surface area (Å²) in [6.07, 6.45) is -0.284. The smallest absolute Gasteiger partial charge is 0.409 e. The van der Waals surface area contributed by atoms with Gasteiger partial charge in [-0.3, -0.25) is 4.90 Å². The minimum Gasteiger partial charge on any atom is -0.508 e. The first-order valence-corrected chi connectivity index (χ1v) is 7.96. The van der Waals surface area contributed by atoms with Gasteiger partial charge in [-0.1, -0.05) is 0 Å². The standard InChI is InChI=1S/C17H20N2O5/c1-2-23-17(22)19-7-5-18(6-8-19)11-12-9-16(21)24-15-4-3-13(20)10-14(12)15/h3-4,9-10,20H,2,5-8,11H2,1H3. The maximum atomic E-state index is 11.7. The van der Waals surface area contributed by atoms with E-state index >= 15 is 0 Å². The monoisotopic (exact) mass is 332 g/mol. The quantitative estimate of drug-likeness (QED) is 0.863. The van der Waals surface area contributed by atoms with E-state index in [2.05, 4.69) is 4.90 Å². The molecule has 0 atom stereocenters. The number of aromatic hydroxyl groups is 1. The Kier molecular flexibility index (Phi) is 4.71. The van der Waals surface area contributed by atoms with Crippen molar-refractivity contribution in [1.29, 1.82) is 0 Å². The van der Waals surface area contributed by atoms with Gasteiger partial charge >= 0.3 is 11.7 Å². The first-order chi connectivity index (χ1) is 11.6. The van der Waals surface area contributed by atoms with Crippen molar-refractivity contribution in [1.82, 2.24) is 9.80 Å². The lowest BCUT2D eigenvalue weighted by molar-refractivity contribution is 0.0779. The van der Waals surface area contributed by atoms with Crippen LogP contribution in [0.25, 0.3) is 11.0 Å². The molecule has 1 aliphatic heterocycles. The van der Waals surface area contributed by atoms with E-state index < -0.39 is 5.63 Å². The summed E-state index contributed by atoms with van der Waals surface area (Å²) in [6, 6.07) is 6.14. The Morgan fingerprint density at radius 1 is 1.25 bits per heavy atom. The topological polar surface area (TPSA) is 83.2 Å². The molecule has 0 spiro atoms. The molecule has 0 aliphatic carbocycles. The summed E-state index contributed by atoms with van der Waals surface area (Å²) in [5.41, 5.74) is 0.857. The minimum absolute atomic E-state index is 0.129. The van der Waals surface area contributed by atoms with Gasteiger partial charge in [-0.2, -0.15) is 0 Å². The number of fused-ring (bicyclic) bond motifs is 1. The number of carbonyl (C=O) groups excluding carboxylic acids is 1. The highest BCUT2D eigenvalue weighted by Gasteiger charge is 2.22. The van der Waals surface area contributed by atoms with Gasteiger partial charge in [-0.25, -0.2) is 9.59 Å². The van der Waals surface area contributed by atoms with Crippen LogP contribution < -0.4 is 5.63 Å². The van der Waals surface area contributed by atoms with Gasteiger partial charge in [0.15, 0.2) is 0 Å². The highest BCUT2D eigenvalue weighted by Crippen LogP contribution is 2.23. The number of piperazine rings is 1. The van der Waals surface area contributed by atoms with Crippen LogP contribution in [-0.4, -0.2) is 53.8 Å². The zero-order valence-corrected chi connectivity index (χ0v) is 13.5. The molecule has 0 radical (unpaired) electrons. The Morgan fingerprint density at radius 2 is 2.00 bits per heavy atom. The van der Waals surface area contributed by atoms with Crippen molar-refractivity contribution in [3.05, 3.63) is 40.2 Å². The molecule has 0 unspecified atom stereocenters. The largest absolute Gasteiger partial charge is 0.508 e. The molecule has 24 heavy (non-hydrogen) atoms. The maximum Gasteiger partial charge on any atom is 0.409 e. The van der Waals surface area contributed by atoms with E-state index in [4.69, 9.17) is 9.15 Å². The van der Waals surface area contributed by atoms with E-state index in [0.717, 1.165) is 10.9 Å². The van der Waals surface area contributed by atoms with Gasteiger partial charge in [-0.05, 0) is 30.7 Å². The Balaban J connectivity index is 1.73. The van der Waals surface area contributed by atoms with E-state index in [9.17, 15) is 14.7 Å². The molecule has 0 bridgehead atoms. The van der Waals surface area contributed by atoms with Crippen LogP contribution >= 0.6 is 0 Å². The number of phenols is 1. The summed E-state index contributed by atoms with van der Waals surface area (Å²) >= 11 is 0. The lowest BCUT2D eigenvalue weighted by Gasteiger charge is -2.34. The molecule has 7 heteroatoms. The summed E-state index contributed by atoms with van der Waals surface area (Å²) < 4.78 is 10.2. The van der Waals surface area contributed by atoms with Crippen molar-refractivity contribution in [3.8, 4) is 5.75 Å². The second kappa shape index (κ2) is 6.92. The lowest BCUT2D eigenvalue weighted by Crippen LogP contribution is -2.48. The zero-order chi connectivity index (χ0) is 17.1. The molecular formula is C17H20N2O5. The van der Waals surface area contributed by atoms with E-state index in [1.165, 1.54) is 12.1 Å². The predicted octanol–water partition coefficient (Wildman–Crippen LogP) is 1.77. The summed E-state index contributed by atoms with van der Waals surface area (Å²) in [7, 11) is 0. The predicted molar refractivity (Wildman–Crippen MR) is 88.0 cm³/mol. The van der Waals surface area contributed by atoms with Crippen molar-refractivity contribution in [3.63, 3.8) is 0 Å². The van der Waals surface area contributed by atoms with Gasteiger partial charge in [0.05, 0.1) is 6.61 Å². The van der Waals surface area contributed by atoms with E-state index in [0.29, 0.717) is 44.9 Å². The van der Waals surface area contributed by atoms with Crippen molar-refractivity contribution < 1.29 is 19.1 Å². The number of hydrogen-bond donors (Lipinski definition) is 1. The average Bonchev–Trinajstić information content (AvgIpc) is 2.56. The Labute approximate surface area is 139 Å². The molecule has 2 aromatic rings. The summed E-state index contributed by atoms with van der Waals surface area (Å²) in [6.45, 7) is 5.28. The number of benzene rings is 1. The molecule has 128 valence electrons. The summed E-state index contributed by atoms with van der Waals surface area (Å²) in [4.78, 5) is 27.3. The average molecular weight is 332 g/mol. The minimum atomic E-state index is -0.409. The third-order valence-electron chi connectivity index (χ3n) is 4.10. The molecular weight excluding hydrogens is 312 g/mol. The molecule has 1 aromatic carbocycles. The second-order valence-corrected chi connectivity index (χ2v) is 5.73. The van der Waals surface area contributed by atoms with Crippen LogP contribution in [0.15, 0.2) is 33.5 Å². The van der Waals surface area contributed by atoms with E-state index in [1.54, 1.807) is 24.0 Å². The van der Waals surface area contributed by atoms with Gasteiger partial charge in [-0.15, -0.1) is 0 Å². The van der Waals surface area contributed by atoms with Crippen LogP contribution in [0.5, 0.6) is 5.75 Å². The van der Waals surface area contributed by atoms with Crippen LogP contribution in [0.4, 0.5) is 4.79 Å². The Hall–Kier alpha value is -2.54. The molecule has 2 heterocycles. The summed E-state index contributed by atoms with van der Waals surface area (Å²) in [5.74, 6) is 0.129. The van der Waals surface area contributed by atoms with Crippen LogP contribution in [-0.2, 0) is 11.3 Å². The fourth-order valence-electron chi connectivity index (χ4n) is 2.89. The molecule has 7 nitrogen and oxygen atoms in total. The summed E-state index contributed by atoms with van der Waals surface area (Å²) in [5, 5.41) is 10.4. The van der Waals surface area contributed by atoms with Crippen LogP contribution in [0.1, 0.15) is 12.5 Å². The molecule has 1 N–H and O–H groups in total. The maximum absolute atomic E-state index is 11.7. The Morgan fingerprint density at radius 3 is 2.71 bits per heavy atom. The first kappa shape index (κ1) is 16.3. The molecule has 1 aromatic heterocycles. The SMILES string of the molecule is CCOC(=O)N1CCN(Cc2cc(=O)oc3ccc(O)cc23)CC1.